The molecular weight excluding hydrogens is 408 g/mol. The molecule has 1 aliphatic heterocycles. The predicted molar refractivity (Wildman–Crippen MR) is 125 cm³/mol. The third kappa shape index (κ3) is 3.84. The molecule has 1 saturated heterocycles. The first kappa shape index (κ1) is 19.5. The third-order valence-electron chi connectivity index (χ3n) is 5.47. The van der Waals surface area contributed by atoms with Gasteiger partial charge in [0.2, 0.25) is 0 Å². The molecule has 0 radical (unpaired) electrons. The van der Waals surface area contributed by atoms with Crippen LogP contribution in [-0.4, -0.2) is 36.1 Å². The predicted octanol–water partition coefficient (Wildman–Crippen LogP) is 5.22. The molecule has 3 heterocycles. The molecule has 5 rings (SSSR count). The van der Waals surface area contributed by atoms with E-state index < -0.39 is 0 Å². The summed E-state index contributed by atoms with van der Waals surface area (Å²) in [7, 11) is 1.63. The zero-order valence-electron chi connectivity index (χ0n) is 17.2. The van der Waals surface area contributed by atoms with Gasteiger partial charge >= 0.3 is 0 Å². The summed E-state index contributed by atoms with van der Waals surface area (Å²) in [5.74, 6) is 1.38. The number of rotatable bonds is 5. The maximum Gasteiger partial charge on any atom is 0.259 e. The largest absolute Gasteiger partial charge is 0.494 e. The van der Waals surface area contributed by atoms with Gasteiger partial charge in [-0.25, -0.2) is 9.97 Å². The summed E-state index contributed by atoms with van der Waals surface area (Å²) in [6, 6.07) is 17.8. The van der Waals surface area contributed by atoms with E-state index in [1.165, 1.54) is 24.2 Å². The molecule has 0 spiro atoms. The Morgan fingerprint density at radius 1 is 1.06 bits per heavy atom. The molecule has 31 heavy (non-hydrogen) atoms. The quantitative estimate of drug-likeness (QED) is 0.470. The number of hydrogen-bond donors (Lipinski definition) is 1. The van der Waals surface area contributed by atoms with Crippen molar-refractivity contribution in [3.8, 4) is 16.9 Å². The van der Waals surface area contributed by atoms with Crippen LogP contribution in [0.5, 0.6) is 5.75 Å². The van der Waals surface area contributed by atoms with Crippen molar-refractivity contribution in [2.24, 2.45) is 0 Å². The number of aromatic nitrogens is 2. The van der Waals surface area contributed by atoms with Crippen molar-refractivity contribution in [2.75, 3.05) is 30.4 Å². The first-order chi connectivity index (χ1) is 15.2. The first-order valence-electron chi connectivity index (χ1n) is 10.3. The highest BCUT2D eigenvalue weighted by atomic mass is 32.1. The third-order valence-corrected chi connectivity index (χ3v) is 6.48. The number of benzene rings is 2. The Balaban J connectivity index is 1.43. The number of pyridine rings is 1. The van der Waals surface area contributed by atoms with Crippen molar-refractivity contribution in [2.45, 2.75) is 12.8 Å². The van der Waals surface area contributed by atoms with Crippen LogP contribution in [0.4, 0.5) is 10.9 Å². The maximum atomic E-state index is 12.8. The highest BCUT2D eigenvalue weighted by molar-refractivity contribution is 7.23. The average molecular weight is 431 g/mol. The number of methoxy groups -OCH3 is 1. The van der Waals surface area contributed by atoms with Crippen LogP contribution in [0.1, 0.15) is 23.2 Å². The Bertz CT molecular complexity index is 1220. The van der Waals surface area contributed by atoms with Crippen molar-refractivity contribution in [3.63, 3.8) is 0 Å². The molecule has 0 unspecified atom stereocenters. The minimum Gasteiger partial charge on any atom is -0.494 e. The molecule has 7 heteroatoms. The fourth-order valence-electron chi connectivity index (χ4n) is 3.87. The van der Waals surface area contributed by atoms with E-state index in [9.17, 15) is 4.79 Å². The number of thiazole rings is 1. The van der Waals surface area contributed by atoms with Gasteiger partial charge in [0.15, 0.2) is 5.13 Å². The van der Waals surface area contributed by atoms with Crippen molar-refractivity contribution < 1.29 is 9.53 Å². The SMILES string of the molecule is COc1ccc(-c2ccccc2)c2sc(NC(=O)c3ccc(N4CCCC4)nc3)nc12. The lowest BCUT2D eigenvalue weighted by Gasteiger charge is -2.15. The summed E-state index contributed by atoms with van der Waals surface area (Å²) in [5, 5.41) is 3.46. The molecule has 0 aliphatic carbocycles. The number of ether oxygens (including phenoxy) is 1. The normalized spacial score (nSPS) is 13.5. The van der Waals surface area contributed by atoms with Gasteiger partial charge in [-0.2, -0.15) is 0 Å². The van der Waals surface area contributed by atoms with Gasteiger partial charge in [-0.1, -0.05) is 41.7 Å². The Morgan fingerprint density at radius 3 is 2.58 bits per heavy atom. The summed E-state index contributed by atoms with van der Waals surface area (Å²) in [6.07, 6.45) is 4.01. The summed E-state index contributed by atoms with van der Waals surface area (Å²) >= 11 is 1.44. The monoisotopic (exact) mass is 430 g/mol. The summed E-state index contributed by atoms with van der Waals surface area (Å²) in [6.45, 7) is 2.05. The highest BCUT2D eigenvalue weighted by Gasteiger charge is 2.17. The Kier molecular flexibility index (Phi) is 5.26. The van der Waals surface area contributed by atoms with Gasteiger partial charge in [0, 0.05) is 24.8 Å². The smallest absolute Gasteiger partial charge is 0.259 e. The second kappa shape index (κ2) is 8.35. The number of nitrogens with one attached hydrogen (secondary N) is 1. The number of carbonyl (C=O) groups is 1. The Morgan fingerprint density at radius 2 is 1.87 bits per heavy atom. The number of anilines is 2. The number of nitrogens with zero attached hydrogens (tertiary/aromatic N) is 3. The molecule has 4 aromatic rings. The maximum absolute atomic E-state index is 12.8. The second-order valence-corrected chi connectivity index (χ2v) is 8.43. The number of hydrogen-bond acceptors (Lipinski definition) is 6. The minimum absolute atomic E-state index is 0.222. The molecule has 0 bridgehead atoms. The first-order valence-corrected chi connectivity index (χ1v) is 11.1. The van der Waals surface area contributed by atoms with Crippen LogP contribution in [0.15, 0.2) is 60.8 Å². The van der Waals surface area contributed by atoms with E-state index in [2.05, 4.69) is 32.3 Å². The van der Waals surface area contributed by atoms with Crippen LogP contribution in [0, 0.1) is 0 Å². The molecule has 6 nitrogen and oxygen atoms in total. The van der Waals surface area contributed by atoms with Crippen molar-refractivity contribution in [1.82, 2.24) is 9.97 Å². The fraction of sp³-hybridized carbons (Fsp3) is 0.208. The second-order valence-electron chi connectivity index (χ2n) is 7.43. The highest BCUT2D eigenvalue weighted by Crippen LogP contribution is 2.39. The molecule has 0 saturated carbocycles. The van der Waals surface area contributed by atoms with Gasteiger partial charge < -0.3 is 9.64 Å². The van der Waals surface area contributed by atoms with Crippen molar-refractivity contribution in [1.29, 1.82) is 0 Å². The molecule has 156 valence electrons. The van der Waals surface area contributed by atoms with Gasteiger partial charge in [0.25, 0.3) is 5.91 Å². The number of carbonyl (C=O) groups excluding carboxylic acids is 1. The molecular formula is C24H22N4O2S. The molecule has 0 atom stereocenters. The standard InChI is InChI=1S/C24H22N4O2S/c1-30-19-11-10-18(16-7-3-2-4-8-16)22-21(19)26-24(31-22)27-23(29)17-9-12-20(25-15-17)28-13-5-6-14-28/h2-4,7-12,15H,5-6,13-14H2,1H3,(H,26,27,29). The molecule has 1 amide bonds. The lowest BCUT2D eigenvalue weighted by Crippen LogP contribution is -2.19. The molecule has 2 aromatic carbocycles. The molecule has 1 N–H and O–H groups in total. The number of amides is 1. The van der Waals surface area contributed by atoms with Crippen LogP contribution in [0.3, 0.4) is 0 Å². The lowest BCUT2D eigenvalue weighted by molar-refractivity contribution is 0.102. The number of fused-ring (bicyclic) bond motifs is 1. The van der Waals surface area contributed by atoms with E-state index in [1.807, 2.05) is 42.5 Å². The Hall–Kier alpha value is -3.45. The van der Waals surface area contributed by atoms with E-state index in [0.717, 1.165) is 40.3 Å². The van der Waals surface area contributed by atoms with Gasteiger partial charge in [-0.15, -0.1) is 0 Å². The van der Waals surface area contributed by atoms with Gasteiger partial charge in [-0.05, 0) is 42.7 Å². The van der Waals surface area contributed by atoms with Gasteiger partial charge in [0.1, 0.15) is 17.1 Å². The van der Waals surface area contributed by atoms with Crippen LogP contribution < -0.4 is 15.0 Å². The van der Waals surface area contributed by atoms with Crippen LogP contribution >= 0.6 is 11.3 Å². The van der Waals surface area contributed by atoms with E-state index in [1.54, 1.807) is 13.3 Å². The Labute approximate surface area is 184 Å². The topological polar surface area (TPSA) is 67.3 Å². The summed E-state index contributed by atoms with van der Waals surface area (Å²) in [4.78, 5) is 24.2. The summed E-state index contributed by atoms with van der Waals surface area (Å²) < 4.78 is 6.48. The van der Waals surface area contributed by atoms with Crippen LogP contribution in [0.25, 0.3) is 21.3 Å². The van der Waals surface area contributed by atoms with Crippen LogP contribution in [0.2, 0.25) is 0 Å². The zero-order valence-corrected chi connectivity index (χ0v) is 18.0. The van der Waals surface area contributed by atoms with Crippen LogP contribution in [-0.2, 0) is 0 Å². The van der Waals surface area contributed by atoms with Crippen molar-refractivity contribution in [3.05, 3.63) is 66.4 Å². The van der Waals surface area contributed by atoms with Gasteiger partial charge in [0.05, 0.1) is 17.4 Å². The fourth-order valence-corrected chi connectivity index (χ4v) is 4.88. The van der Waals surface area contributed by atoms with E-state index in [0.29, 0.717) is 16.4 Å². The van der Waals surface area contributed by atoms with Crippen molar-refractivity contribution >= 4 is 38.4 Å². The minimum atomic E-state index is -0.222. The van der Waals surface area contributed by atoms with E-state index in [4.69, 9.17) is 4.74 Å². The summed E-state index contributed by atoms with van der Waals surface area (Å²) in [5.41, 5.74) is 3.41. The molecule has 1 fully saturated rings. The molecule has 1 aliphatic rings. The molecule has 2 aromatic heterocycles. The zero-order chi connectivity index (χ0) is 21.2. The van der Waals surface area contributed by atoms with E-state index >= 15 is 0 Å². The van der Waals surface area contributed by atoms with Gasteiger partial charge in [-0.3, -0.25) is 10.1 Å². The lowest BCUT2D eigenvalue weighted by atomic mass is 10.1. The van der Waals surface area contributed by atoms with E-state index in [-0.39, 0.29) is 5.91 Å². The average Bonchev–Trinajstić information content (AvgIpc) is 3.49.